The molecule has 2 N–H and O–H groups in total. The number of imide groups is 1. The predicted molar refractivity (Wildman–Crippen MR) is 88.1 cm³/mol. The van der Waals surface area contributed by atoms with E-state index in [2.05, 4.69) is 5.32 Å². The van der Waals surface area contributed by atoms with Crippen molar-refractivity contribution in [3.05, 3.63) is 41.0 Å². The van der Waals surface area contributed by atoms with Crippen LogP contribution in [0.15, 0.2) is 40.3 Å². The number of hydrogen-bond acceptors (Lipinski definition) is 4. The molecule has 0 bridgehead atoms. The number of urea groups is 1. The summed E-state index contributed by atoms with van der Waals surface area (Å²) in [7, 11) is -4.31. The lowest BCUT2D eigenvalue weighted by molar-refractivity contribution is -0.123. The third kappa shape index (κ3) is 3.82. The molecule has 1 aromatic rings. The van der Waals surface area contributed by atoms with Crippen molar-refractivity contribution in [3.63, 3.8) is 0 Å². The Morgan fingerprint density at radius 1 is 1.33 bits per heavy atom. The van der Waals surface area contributed by atoms with Crippen molar-refractivity contribution >= 4 is 22.1 Å². The van der Waals surface area contributed by atoms with E-state index in [0.29, 0.717) is 17.6 Å². The zero-order valence-electron chi connectivity index (χ0n) is 13.6. The van der Waals surface area contributed by atoms with Gasteiger partial charge < -0.3 is 5.32 Å². The van der Waals surface area contributed by atoms with E-state index in [1.165, 1.54) is 12.1 Å². The van der Waals surface area contributed by atoms with Crippen LogP contribution < -0.4 is 5.32 Å². The summed E-state index contributed by atoms with van der Waals surface area (Å²) in [6.45, 7) is 4.11. The number of benzene rings is 1. The zero-order chi connectivity index (χ0) is 17.9. The Bertz CT molecular complexity index is 798. The van der Waals surface area contributed by atoms with Gasteiger partial charge in [0, 0.05) is 12.1 Å². The lowest BCUT2D eigenvalue weighted by Crippen LogP contribution is -2.42. The maximum Gasteiger partial charge on any atom is 0.324 e. The van der Waals surface area contributed by atoms with Crippen LogP contribution in [0, 0.1) is 0 Å². The third-order valence-electron chi connectivity index (χ3n) is 3.93. The first kappa shape index (κ1) is 18.2. The SMILES string of the molecule is CCC1=C(C)CN(C(=O)NCCc2ccccc2S(=O)(=O)O)C1=O. The van der Waals surface area contributed by atoms with Gasteiger partial charge in [0.15, 0.2) is 0 Å². The Morgan fingerprint density at radius 2 is 2.00 bits per heavy atom. The van der Waals surface area contributed by atoms with Crippen LogP contribution in [0.4, 0.5) is 4.79 Å². The van der Waals surface area contributed by atoms with Gasteiger partial charge >= 0.3 is 6.03 Å². The topological polar surface area (TPSA) is 104 Å². The Morgan fingerprint density at radius 3 is 2.58 bits per heavy atom. The van der Waals surface area contributed by atoms with Crippen molar-refractivity contribution in [2.24, 2.45) is 0 Å². The Kier molecular flexibility index (Phi) is 5.40. The van der Waals surface area contributed by atoms with Crippen molar-refractivity contribution in [2.45, 2.75) is 31.6 Å². The van der Waals surface area contributed by atoms with Gasteiger partial charge in [0.2, 0.25) is 0 Å². The molecular formula is C16H20N2O5S. The molecule has 1 aromatic carbocycles. The monoisotopic (exact) mass is 352 g/mol. The fourth-order valence-electron chi connectivity index (χ4n) is 2.73. The van der Waals surface area contributed by atoms with Gasteiger partial charge in [-0.2, -0.15) is 8.42 Å². The second-order valence-electron chi connectivity index (χ2n) is 5.57. The maximum absolute atomic E-state index is 12.1. The van der Waals surface area contributed by atoms with Crippen LogP contribution in [0.5, 0.6) is 0 Å². The molecule has 2 rings (SSSR count). The number of nitrogens with one attached hydrogen (secondary N) is 1. The number of carbonyl (C=O) groups excluding carboxylic acids is 2. The van der Waals surface area contributed by atoms with Gasteiger partial charge in [-0.25, -0.2) is 4.79 Å². The van der Waals surface area contributed by atoms with Crippen molar-refractivity contribution in [1.82, 2.24) is 10.2 Å². The van der Waals surface area contributed by atoms with Crippen LogP contribution in [-0.4, -0.2) is 42.9 Å². The highest BCUT2D eigenvalue weighted by molar-refractivity contribution is 7.85. The molecule has 0 saturated heterocycles. The van der Waals surface area contributed by atoms with Crippen molar-refractivity contribution < 1.29 is 22.6 Å². The van der Waals surface area contributed by atoms with Crippen LogP contribution in [0.1, 0.15) is 25.8 Å². The zero-order valence-corrected chi connectivity index (χ0v) is 14.4. The van der Waals surface area contributed by atoms with E-state index in [1.807, 2.05) is 13.8 Å². The molecule has 7 nitrogen and oxygen atoms in total. The van der Waals surface area contributed by atoms with Crippen molar-refractivity contribution in [2.75, 3.05) is 13.1 Å². The summed E-state index contributed by atoms with van der Waals surface area (Å²) in [4.78, 5) is 25.2. The van der Waals surface area contributed by atoms with Crippen LogP contribution in [-0.2, 0) is 21.3 Å². The van der Waals surface area contributed by atoms with Crippen LogP contribution in [0.2, 0.25) is 0 Å². The van der Waals surface area contributed by atoms with Gasteiger partial charge in [0.1, 0.15) is 0 Å². The first-order chi connectivity index (χ1) is 11.3. The summed E-state index contributed by atoms with van der Waals surface area (Å²) in [5.41, 5.74) is 1.94. The van der Waals surface area contributed by atoms with E-state index in [0.717, 1.165) is 10.5 Å². The molecule has 8 heteroatoms. The van der Waals surface area contributed by atoms with E-state index in [1.54, 1.807) is 12.1 Å². The third-order valence-corrected chi connectivity index (χ3v) is 4.89. The lowest BCUT2D eigenvalue weighted by atomic mass is 10.1. The van der Waals surface area contributed by atoms with Crippen LogP contribution in [0.3, 0.4) is 0 Å². The molecule has 0 unspecified atom stereocenters. The summed E-state index contributed by atoms with van der Waals surface area (Å²) in [5, 5.41) is 2.61. The molecule has 0 saturated carbocycles. The minimum absolute atomic E-state index is 0.148. The lowest BCUT2D eigenvalue weighted by Gasteiger charge is -2.16. The average molecular weight is 352 g/mol. The molecule has 0 radical (unpaired) electrons. The quantitative estimate of drug-likeness (QED) is 0.786. The Balaban J connectivity index is 1.97. The highest BCUT2D eigenvalue weighted by atomic mass is 32.2. The first-order valence-corrected chi connectivity index (χ1v) is 9.03. The summed E-state index contributed by atoms with van der Waals surface area (Å²) in [6.07, 6.45) is 0.799. The maximum atomic E-state index is 12.1. The molecule has 0 aliphatic carbocycles. The van der Waals surface area contributed by atoms with E-state index in [4.69, 9.17) is 0 Å². The van der Waals surface area contributed by atoms with E-state index < -0.39 is 16.1 Å². The number of amides is 3. The van der Waals surface area contributed by atoms with Crippen molar-refractivity contribution in [3.8, 4) is 0 Å². The van der Waals surface area contributed by atoms with E-state index >= 15 is 0 Å². The largest absolute Gasteiger partial charge is 0.337 e. The fraction of sp³-hybridized carbons (Fsp3) is 0.375. The summed E-state index contributed by atoms with van der Waals surface area (Å²) < 4.78 is 31.8. The Hall–Kier alpha value is -2.19. The number of rotatable bonds is 5. The molecule has 130 valence electrons. The fourth-order valence-corrected chi connectivity index (χ4v) is 3.48. The van der Waals surface area contributed by atoms with E-state index in [9.17, 15) is 22.6 Å². The number of nitrogens with zero attached hydrogens (tertiary/aromatic N) is 1. The second-order valence-corrected chi connectivity index (χ2v) is 6.96. The van der Waals surface area contributed by atoms with Gasteiger partial charge in [-0.3, -0.25) is 14.2 Å². The standard InChI is InChI=1S/C16H20N2O5S/c1-3-13-11(2)10-18(15(13)19)16(20)17-9-8-12-6-4-5-7-14(12)24(21,22)23/h4-7H,3,8-10H2,1-2H3,(H,17,20)(H,21,22,23). The highest BCUT2D eigenvalue weighted by Gasteiger charge is 2.31. The van der Waals surface area contributed by atoms with Gasteiger partial charge in [0.25, 0.3) is 16.0 Å². The molecule has 0 aromatic heterocycles. The number of hydrogen-bond donors (Lipinski definition) is 2. The van der Waals surface area contributed by atoms with Crippen molar-refractivity contribution in [1.29, 1.82) is 0 Å². The molecule has 0 fully saturated rings. The van der Waals surface area contributed by atoms with Gasteiger partial charge in [-0.05, 0) is 37.0 Å². The normalized spacial score (nSPS) is 15.1. The van der Waals surface area contributed by atoms with Crippen LogP contribution >= 0.6 is 0 Å². The Labute approximate surface area is 141 Å². The molecular weight excluding hydrogens is 332 g/mol. The molecule has 24 heavy (non-hydrogen) atoms. The molecule has 0 spiro atoms. The van der Waals surface area contributed by atoms with Crippen LogP contribution in [0.25, 0.3) is 0 Å². The smallest absolute Gasteiger partial charge is 0.324 e. The minimum Gasteiger partial charge on any atom is -0.337 e. The van der Waals surface area contributed by atoms with Gasteiger partial charge in [-0.15, -0.1) is 0 Å². The molecule has 0 atom stereocenters. The first-order valence-electron chi connectivity index (χ1n) is 7.59. The van der Waals surface area contributed by atoms with Gasteiger partial charge in [-0.1, -0.05) is 25.1 Å². The number of carbonyl (C=O) groups is 2. The summed E-state index contributed by atoms with van der Waals surface area (Å²) >= 11 is 0. The van der Waals surface area contributed by atoms with Gasteiger partial charge in [0.05, 0.1) is 11.4 Å². The van der Waals surface area contributed by atoms with E-state index in [-0.39, 0.29) is 30.3 Å². The molecule has 3 amide bonds. The minimum atomic E-state index is -4.31. The predicted octanol–water partition coefficient (Wildman–Crippen LogP) is 1.75. The molecule has 1 aliphatic heterocycles. The highest BCUT2D eigenvalue weighted by Crippen LogP contribution is 2.21. The molecule has 1 aliphatic rings. The second kappa shape index (κ2) is 7.14. The summed E-state index contributed by atoms with van der Waals surface area (Å²) in [5.74, 6) is -0.286. The molecule has 1 heterocycles. The summed E-state index contributed by atoms with van der Waals surface area (Å²) in [6, 6.07) is 5.52. The average Bonchev–Trinajstić information content (AvgIpc) is 2.81.